The largest absolute Gasteiger partial charge is 0.495 e. The molecule has 140 valence electrons. The van der Waals surface area contributed by atoms with Gasteiger partial charge in [-0.3, -0.25) is 14.9 Å². The van der Waals surface area contributed by atoms with Crippen LogP contribution in [0.3, 0.4) is 0 Å². The number of nitrogens with zero attached hydrogens (tertiary/aromatic N) is 3. The number of thiazole rings is 1. The van der Waals surface area contributed by atoms with Crippen molar-refractivity contribution in [3.05, 3.63) is 61.9 Å². The molecule has 0 N–H and O–H groups in total. The molecule has 0 aliphatic carbocycles. The van der Waals surface area contributed by atoms with Crippen molar-refractivity contribution in [2.75, 3.05) is 7.11 Å². The molecule has 0 fully saturated rings. The highest BCUT2D eigenvalue weighted by molar-refractivity contribution is 7.16. The van der Waals surface area contributed by atoms with Crippen molar-refractivity contribution in [2.24, 2.45) is 4.99 Å². The summed E-state index contributed by atoms with van der Waals surface area (Å²) in [7, 11) is 1.59. The number of aryl methyl sites for hydroxylation is 1. The zero-order valence-corrected chi connectivity index (χ0v) is 16.2. The van der Waals surface area contributed by atoms with Gasteiger partial charge in [-0.25, -0.2) is 0 Å². The van der Waals surface area contributed by atoms with Gasteiger partial charge in [0.1, 0.15) is 11.3 Å². The molecule has 0 bridgehead atoms. The number of halogens is 1. The summed E-state index contributed by atoms with van der Waals surface area (Å²) in [6.45, 7) is 2.67. The zero-order valence-electron chi connectivity index (χ0n) is 14.6. The fourth-order valence-corrected chi connectivity index (χ4v) is 3.99. The van der Waals surface area contributed by atoms with Gasteiger partial charge in [-0.15, -0.1) is 0 Å². The van der Waals surface area contributed by atoms with Crippen LogP contribution in [0.5, 0.6) is 5.75 Å². The van der Waals surface area contributed by atoms with E-state index in [1.54, 1.807) is 7.11 Å². The predicted molar refractivity (Wildman–Crippen MR) is 105 cm³/mol. The van der Waals surface area contributed by atoms with Gasteiger partial charge in [0.05, 0.1) is 27.3 Å². The lowest BCUT2D eigenvalue weighted by molar-refractivity contribution is -0.384. The quantitative estimate of drug-likeness (QED) is 0.464. The van der Waals surface area contributed by atoms with Crippen LogP contribution in [0, 0.1) is 10.1 Å². The molecule has 0 aliphatic heterocycles. The maximum absolute atomic E-state index is 12.7. The number of nitro groups is 1. The molecule has 1 aromatic heterocycles. The summed E-state index contributed by atoms with van der Waals surface area (Å²) in [5, 5.41) is 11.1. The van der Waals surface area contributed by atoms with E-state index in [1.807, 2.05) is 29.7 Å². The zero-order chi connectivity index (χ0) is 19.6. The van der Waals surface area contributed by atoms with Crippen molar-refractivity contribution in [3.63, 3.8) is 0 Å². The number of ether oxygens (including phenoxy) is 1. The average Bonchev–Trinajstić information content (AvgIpc) is 2.99. The molecule has 0 atom stereocenters. The average molecular weight is 406 g/mol. The molecule has 1 amide bonds. The number of hydrogen-bond donors (Lipinski definition) is 0. The van der Waals surface area contributed by atoms with Crippen LogP contribution in [-0.4, -0.2) is 22.5 Å². The first-order valence-electron chi connectivity index (χ1n) is 8.15. The first-order chi connectivity index (χ1) is 13.0. The third-order valence-corrected chi connectivity index (χ3v) is 5.29. The lowest BCUT2D eigenvalue weighted by Gasteiger charge is -2.07. The Morgan fingerprint density at radius 2 is 2.15 bits per heavy atom. The molecule has 0 radical (unpaired) electrons. The van der Waals surface area contributed by atoms with Crippen LogP contribution in [0.25, 0.3) is 10.2 Å². The minimum absolute atomic E-state index is 0.00154. The molecule has 3 aromatic rings. The molecule has 9 heteroatoms. The van der Waals surface area contributed by atoms with Crippen LogP contribution >= 0.6 is 22.9 Å². The third kappa shape index (κ3) is 3.72. The summed E-state index contributed by atoms with van der Waals surface area (Å²) in [6.07, 6.45) is 0.836. The molecule has 2 aromatic carbocycles. The lowest BCUT2D eigenvalue weighted by Crippen LogP contribution is -2.17. The van der Waals surface area contributed by atoms with Crippen molar-refractivity contribution in [1.29, 1.82) is 0 Å². The number of amides is 1. The van der Waals surface area contributed by atoms with E-state index in [1.165, 1.54) is 23.5 Å². The summed E-state index contributed by atoms with van der Waals surface area (Å²) in [4.78, 5) is 27.8. The third-order valence-electron chi connectivity index (χ3n) is 3.92. The fourth-order valence-electron chi connectivity index (χ4n) is 2.72. The summed E-state index contributed by atoms with van der Waals surface area (Å²) in [5.74, 6) is 0.0681. The highest BCUT2D eigenvalue weighted by Gasteiger charge is 2.17. The number of fused-ring (bicyclic) bond motifs is 1. The number of non-ortho nitro benzene ring substituents is 1. The Bertz CT molecular complexity index is 1100. The van der Waals surface area contributed by atoms with Gasteiger partial charge in [0.2, 0.25) is 0 Å². The molecule has 7 nitrogen and oxygen atoms in total. The highest BCUT2D eigenvalue weighted by Crippen LogP contribution is 2.28. The van der Waals surface area contributed by atoms with Crippen molar-refractivity contribution >= 4 is 44.7 Å². The Morgan fingerprint density at radius 1 is 1.37 bits per heavy atom. The topological polar surface area (TPSA) is 86.7 Å². The van der Waals surface area contributed by atoms with Gasteiger partial charge in [0, 0.05) is 18.7 Å². The number of methoxy groups -OCH3 is 1. The van der Waals surface area contributed by atoms with Crippen LogP contribution in [0.2, 0.25) is 5.02 Å². The van der Waals surface area contributed by atoms with Gasteiger partial charge in [-0.1, -0.05) is 35.9 Å². The standard InChI is InChI=1S/C18H16ClN3O4S/c1-3-9-21-16-14(26-2)5-4-6-15(16)27-18(21)20-17(23)12-10-11(22(24)25)7-8-13(12)19/h4-8,10H,3,9H2,1-2H3. The number of aromatic nitrogens is 1. The van der Waals surface area contributed by atoms with Crippen LogP contribution in [0.4, 0.5) is 5.69 Å². The lowest BCUT2D eigenvalue weighted by atomic mass is 10.2. The van der Waals surface area contributed by atoms with Crippen molar-refractivity contribution in [2.45, 2.75) is 19.9 Å². The monoisotopic (exact) mass is 405 g/mol. The van der Waals surface area contributed by atoms with Crippen LogP contribution < -0.4 is 9.54 Å². The minimum atomic E-state index is -0.626. The van der Waals surface area contributed by atoms with Gasteiger partial charge in [0.25, 0.3) is 11.6 Å². The molecular weight excluding hydrogens is 390 g/mol. The summed E-state index contributed by atoms with van der Waals surface area (Å²) in [6, 6.07) is 9.38. The summed E-state index contributed by atoms with van der Waals surface area (Å²) >= 11 is 7.41. The second-order valence-electron chi connectivity index (χ2n) is 5.68. The molecule has 0 spiro atoms. The number of carbonyl (C=O) groups is 1. The smallest absolute Gasteiger partial charge is 0.281 e. The van der Waals surface area contributed by atoms with E-state index >= 15 is 0 Å². The van der Waals surface area contributed by atoms with Gasteiger partial charge < -0.3 is 9.30 Å². The molecule has 0 saturated carbocycles. The van der Waals surface area contributed by atoms with Crippen LogP contribution in [-0.2, 0) is 6.54 Å². The molecule has 0 aliphatic rings. The Labute approximate surface area is 163 Å². The Kier molecular flexibility index (Phi) is 5.57. The Morgan fingerprint density at radius 3 is 2.81 bits per heavy atom. The molecule has 1 heterocycles. The number of benzene rings is 2. The van der Waals surface area contributed by atoms with Gasteiger partial charge in [-0.05, 0) is 24.6 Å². The first-order valence-corrected chi connectivity index (χ1v) is 9.35. The molecule has 0 saturated heterocycles. The van der Waals surface area contributed by atoms with E-state index in [0.717, 1.165) is 22.7 Å². The normalized spacial score (nSPS) is 11.7. The number of carbonyl (C=O) groups excluding carboxylic acids is 1. The minimum Gasteiger partial charge on any atom is -0.495 e. The second-order valence-corrected chi connectivity index (χ2v) is 7.10. The van der Waals surface area contributed by atoms with Gasteiger partial charge in [-0.2, -0.15) is 4.99 Å². The molecule has 27 heavy (non-hydrogen) atoms. The van der Waals surface area contributed by atoms with E-state index in [9.17, 15) is 14.9 Å². The summed E-state index contributed by atoms with van der Waals surface area (Å²) in [5.41, 5.74) is 0.652. The highest BCUT2D eigenvalue weighted by atomic mass is 35.5. The molecule has 0 unspecified atom stereocenters. The Hall–Kier alpha value is -2.71. The van der Waals surface area contributed by atoms with E-state index in [2.05, 4.69) is 4.99 Å². The maximum Gasteiger partial charge on any atom is 0.281 e. The molecule has 3 rings (SSSR count). The van der Waals surface area contributed by atoms with Crippen molar-refractivity contribution in [3.8, 4) is 5.75 Å². The van der Waals surface area contributed by atoms with Crippen LogP contribution in [0.15, 0.2) is 41.4 Å². The number of nitro benzene ring substituents is 1. The SMILES string of the molecule is CCCn1c(=NC(=O)c2cc([N+](=O)[O-])ccc2Cl)sc2cccc(OC)c21. The number of rotatable bonds is 5. The van der Waals surface area contributed by atoms with E-state index in [0.29, 0.717) is 17.1 Å². The Balaban J connectivity index is 2.19. The van der Waals surface area contributed by atoms with Crippen molar-refractivity contribution in [1.82, 2.24) is 4.57 Å². The first kappa shape index (κ1) is 19.1. The van der Waals surface area contributed by atoms with E-state index < -0.39 is 10.8 Å². The van der Waals surface area contributed by atoms with E-state index in [-0.39, 0.29) is 16.3 Å². The number of hydrogen-bond acceptors (Lipinski definition) is 5. The fraction of sp³-hybridized carbons (Fsp3) is 0.222. The summed E-state index contributed by atoms with van der Waals surface area (Å²) < 4.78 is 8.29. The maximum atomic E-state index is 12.7. The van der Waals surface area contributed by atoms with Gasteiger partial charge in [0.15, 0.2) is 4.80 Å². The van der Waals surface area contributed by atoms with Crippen LogP contribution in [0.1, 0.15) is 23.7 Å². The van der Waals surface area contributed by atoms with E-state index in [4.69, 9.17) is 16.3 Å². The number of para-hydroxylation sites is 1. The second kappa shape index (κ2) is 7.89. The van der Waals surface area contributed by atoms with Crippen molar-refractivity contribution < 1.29 is 14.5 Å². The molecular formula is C18H16ClN3O4S. The van der Waals surface area contributed by atoms with Gasteiger partial charge >= 0.3 is 0 Å². The predicted octanol–water partition coefficient (Wildman–Crippen LogP) is 4.42.